The molecule has 0 unspecified atom stereocenters. The third-order valence-corrected chi connectivity index (χ3v) is 5.39. The van der Waals surface area contributed by atoms with Gasteiger partial charge in [-0.25, -0.2) is 4.79 Å². The number of nitrogens with zero attached hydrogens (tertiary/aromatic N) is 1. The monoisotopic (exact) mass is 448 g/mol. The zero-order valence-corrected chi connectivity index (χ0v) is 17.0. The summed E-state index contributed by atoms with van der Waals surface area (Å²) in [6.45, 7) is 1.40. The van der Waals surface area contributed by atoms with Crippen LogP contribution in [-0.2, 0) is 23.8 Å². The molecule has 0 spiro atoms. The molecule has 0 bridgehead atoms. The van der Waals surface area contributed by atoms with Gasteiger partial charge in [-0.05, 0) is 56.5 Å². The minimum atomic E-state index is -4.72. The van der Waals surface area contributed by atoms with E-state index in [2.05, 4.69) is 5.32 Å². The molecule has 1 aromatic heterocycles. The molecule has 1 atom stereocenters. The number of nitro groups is 1. The van der Waals surface area contributed by atoms with Crippen LogP contribution in [-0.4, -0.2) is 16.9 Å². The molecule has 1 aliphatic carbocycles. The van der Waals surface area contributed by atoms with Gasteiger partial charge in [0.2, 0.25) is 0 Å². The number of benzene rings is 2. The van der Waals surface area contributed by atoms with Crippen molar-refractivity contribution in [3.05, 3.63) is 63.4 Å². The molecule has 0 saturated heterocycles. The van der Waals surface area contributed by atoms with E-state index in [-0.39, 0.29) is 11.4 Å². The van der Waals surface area contributed by atoms with E-state index < -0.39 is 34.4 Å². The molecule has 1 N–H and O–H groups in total. The minimum Gasteiger partial charge on any atom is -0.461 e. The molecule has 32 heavy (non-hydrogen) atoms. The maximum Gasteiger partial charge on any atom is 0.416 e. The topological polar surface area (TPSA) is 94.6 Å². The van der Waals surface area contributed by atoms with Crippen LogP contribution in [0, 0.1) is 10.1 Å². The largest absolute Gasteiger partial charge is 0.461 e. The Kier molecular flexibility index (Phi) is 5.53. The molecule has 0 aliphatic heterocycles. The van der Waals surface area contributed by atoms with Gasteiger partial charge in [0.25, 0.3) is 5.69 Å². The van der Waals surface area contributed by atoms with Crippen molar-refractivity contribution in [3.63, 3.8) is 0 Å². The Morgan fingerprint density at radius 3 is 2.66 bits per heavy atom. The number of nitro benzene ring substituents is 1. The second-order valence-corrected chi connectivity index (χ2v) is 7.64. The zero-order chi connectivity index (χ0) is 23.0. The Morgan fingerprint density at radius 2 is 1.94 bits per heavy atom. The molecule has 168 valence electrons. The van der Waals surface area contributed by atoms with E-state index in [0.29, 0.717) is 17.7 Å². The quantitative estimate of drug-likeness (QED) is 0.235. The fraction of sp³-hybridized carbons (Fsp3) is 0.318. The highest BCUT2D eigenvalue weighted by atomic mass is 19.4. The zero-order valence-electron chi connectivity index (χ0n) is 17.0. The molecule has 1 heterocycles. The SMILES string of the molecule is C[C@H](Nc1ccc(C(F)(F)F)cc1[N+](=O)[O-])C(=O)Oc1ccc2oc3c(c2c1)CCCC3. The fourth-order valence-electron chi connectivity index (χ4n) is 3.78. The van der Waals surface area contributed by atoms with Crippen molar-refractivity contribution in [2.45, 2.75) is 44.8 Å². The first-order valence-corrected chi connectivity index (χ1v) is 10.0. The highest BCUT2D eigenvalue weighted by molar-refractivity contribution is 5.86. The molecule has 0 fully saturated rings. The predicted molar refractivity (Wildman–Crippen MR) is 110 cm³/mol. The fourth-order valence-corrected chi connectivity index (χ4v) is 3.78. The van der Waals surface area contributed by atoms with Gasteiger partial charge in [0.1, 0.15) is 28.8 Å². The first-order valence-electron chi connectivity index (χ1n) is 10.0. The van der Waals surface area contributed by atoms with Gasteiger partial charge in [0.15, 0.2) is 0 Å². The summed E-state index contributed by atoms with van der Waals surface area (Å²) in [5, 5.41) is 14.7. The van der Waals surface area contributed by atoms with Crippen molar-refractivity contribution in [1.29, 1.82) is 0 Å². The summed E-state index contributed by atoms with van der Waals surface area (Å²) in [5.41, 5.74) is -0.335. The van der Waals surface area contributed by atoms with E-state index in [1.807, 2.05) is 0 Å². The van der Waals surface area contributed by atoms with Crippen LogP contribution in [0.3, 0.4) is 0 Å². The summed E-state index contributed by atoms with van der Waals surface area (Å²) >= 11 is 0. The van der Waals surface area contributed by atoms with E-state index in [9.17, 15) is 28.1 Å². The number of nitrogens with one attached hydrogen (secondary N) is 1. The standard InChI is InChI=1S/C22H19F3N2O5/c1-12(26-17-8-6-13(22(23,24)25)10-18(17)27(29)30)21(28)31-14-7-9-20-16(11-14)15-4-2-3-5-19(15)32-20/h6-12,26H,2-5H2,1H3/t12-/m0/s1. The average Bonchev–Trinajstić information content (AvgIpc) is 3.11. The predicted octanol–water partition coefficient (Wildman–Crippen LogP) is 5.64. The Morgan fingerprint density at radius 1 is 1.19 bits per heavy atom. The number of fused-ring (bicyclic) bond motifs is 3. The maximum atomic E-state index is 12.9. The summed E-state index contributed by atoms with van der Waals surface area (Å²) in [6.07, 6.45) is -0.855. The van der Waals surface area contributed by atoms with Gasteiger partial charge in [-0.3, -0.25) is 10.1 Å². The van der Waals surface area contributed by atoms with Crippen LogP contribution in [0.5, 0.6) is 5.75 Å². The smallest absolute Gasteiger partial charge is 0.416 e. The Labute approximate surface area is 180 Å². The van der Waals surface area contributed by atoms with Gasteiger partial charge in [-0.15, -0.1) is 0 Å². The average molecular weight is 448 g/mol. The van der Waals surface area contributed by atoms with Crippen LogP contribution in [0.2, 0.25) is 0 Å². The first kappa shape index (κ1) is 21.7. The summed E-state index contributed by atoms with van der Waals surface area (Å²) in [6, 6.07) is 6.03. The number of carbonyl (C=O) groups is 1. The Hall–Kier alpha value is -3.56. The van der Waals surface area contributed by atoms with Crippen LogP contribution in [0.25, 0.3) is 11.0 Å². The lowest BCUT2D eigenvalue weighted by Gasteiger charge is -2.15. The molecule has 10 heteroatoms. The molecule has 4 rings (SSSR count). The minimum absolute atomic E-state index is 0.216. The lowest BCUT2D eigenvalue weighted by molar-refractivity contribution is -0.384. The number of hydrogen-bond donors (Lipinski definition) is 1. The molecule has 2 aromatic carbocycles. The molecular formula is C22H19F3N2O5. The van der Waals surface area contributed by atoms with Gasteiger partial charge in [-0.1, -0.05) is 0 Å². The van der Waals surface area contributed by atoms with Gasteiger partial charge in [0, 0.05) is 23.4 Å². The summed E-state index contributed by atoms with van der Waals surface area (Å²) in [5.74, 6) is 0.488. The number of carbonyl (C=O) groups excluding carboxylic acids is 1. The number of aryl methyl sites for hydroxylation is 2. The lowest BCUT2D eigenvalue weighted by Crippen LogP contribution is -2.30. The van der Waals surface area contributed by atoms with Crippen LogP contribution in [0.15, 0.2) is 40.8 Å². The summed E-state index contributed by atoms with van der Waals surface area (Å²) < 4.78 is 49.8. The van der Waals surface area contributed by atoms with Crippen LogP contribution < -0.4 is 10.1 Å². The number of alkyl halides is 3. The molecule has 0 radical (unpaired) electrons. The summed E-state index contributed by atoms with van der Waals surface area (Å²) in [4.78, 5) is 22.8. The normalized spacial score (nSPS) is 14.6. The maximum absolute atomic E-state index is 12.9. The third-order valence-electron chi connectivity index (χ3n) is 5.39. The van der Waals surface area contributed by atoms with E-state index >= 15 is 0 Å². The number of halogens is 3. The van der Waals surface area contributed by atoms with Gasteiger partial charge in [-0.2, -0.15) is 13.2 Å². The van der Waals surface area contributed by atoms with Gasteiger partial charge in [0.05, 0.1) is 10.5 Å². The molecule has 0 amide bonds. The highest BCUT2D eigenvalue weighted by Gasteiger charge is 2.33. The number of anilines is 1. The van der Waals surface area contributed by atoms with Crippen molar-refractivity contribution in [2.24, 2.45) is 0 Å². The molecule has 1 aliphatic rings. The van der Waals surface area contributed by atoms with Crippen LogP contribution >= 0.6 is 0 Å². The molecule has 3 aromatic rings. The van der Waals surface area contributed by atoms with Crippen LogP contribution in [0.1, 0.15) is 36.7 Å². The molecule has 0 saturated carbocycles. The lowest BCUT2D eigenvalue weighted by atomic mass is 9.96. The van der Waals surface area contributed by atoms with E-state index in [0.717, 1.165) is 48.5 Å². The van der Waals surface area contributed by atoms with Gasteiger partial charge < -0.3 is 14.5 Å². The second kappa shape index (κ2) is 8.18. The van der Waals surface area contributed by atoms with Crippen molar-refractivity contribution in [3.8, 4) is 5.75 Å². The Bertz CT molecular complexity index is 1200. The van der Waals surface area contributed by atoms with E-state index in [4.69, 9.17) is 9.15 Å². The van der Waals surface area contributed by atoms with Crippen molar-refractivity contribution < 1.29 is 32.0 Å². The summed E-state index contributed by atoms with van der Waals surface area (Å²) in [7, 11) is 0. The number of ether oxygens (including phenoxy) is 1. The molecule has 7 nitrogen and oxygen atoms in total. The van der Waals surface area contributed by atoms with Gasteiger partial charge >= 0.3 is 12.1 Å². The van der Waals surface area contributed by atoms with E-state index in [1.165, 1.54) is 6.92 Å². The second-order valence-electron chi connectivity index (χ2n) is 7.64. The number of esters is 1. The van der Waals surface area contributed by atoms with Crippen molar-refractivity contribution in [2.75, 3.05) is 5.32 Å². The van der Waals surface area contributed by atoms with Crippen molar-refractivity contribution >= 4 is 28.3 Å². The number of rotatable bonds is 5. The van der Waals surface area contributed by atoms with Crippen molar-refractivity contribution in [1.82, 2.24) is 0 Å². The third kappa shape index (κ3) is 4.25. The molecular weight excluding hydrogens is 429 g/mol. The highest BCUT2D eigenvalue weighted by Crippen LogP contribution is 2.36. The Balaban J connectivity index is 1.51. The number of hydrogen-bond acceptors (Lipinski definition) is 6. The first-order chi connectivity index (χ1) is 15.1. The number of furan rings is 1. The van der Waals surface area contributed by atoms with Crippen LogP contribution in [0.4, 0.5) is 24.5 Å². The van der Waals surface area contributed by atoms with E-state index in [1.54, 1.807) is 18.2 Å².